The average molecular weight is 246 g/mol. The molecular weight excluding hydrogens is 224 g/mol. The predicted octanol–water partition coefficient (Wildman–Crippen LogP) is 1.85. The zero-order chi connectivity index (χ0) is 12.4. The summed E-state index contributed by atoms with van der Waals surface area (Å²) >= 11 is 0. The molecule has 1 saturated heterocycles. The molecule has 0 bridgehead atoms. The van der Waals surface area contributed by atoms with Crippen molar-refractivity contribution in [3.63, 3.8) is 0 Å². The van der Waals surface area contributed by atoms with E-state index in [1.165, 1.54) is 18.5 Å². The Bertz CT molecular complexity index is 401. The molecule has 0 saturated carbocycles. The molecule has 2 unspecified atom stereocenters. The Labute approximate surface area is 109 Å². The van der Waals surface area contributed by atoms with Gasteiger partial charge in [-0.3, -0.25) is 4.90 Å². The average Bonchev–Trinajstić information content (AvgIpc) is 3.06. The van der Waals surface area contributed by atoms with Crippen LogP contribution in [0.4, 0.5) is 0 Å². The van der Waals surface area contributed by atoms with E-state index in [-0.39, 0.29) is 0 Å². The molecule has 0 radical (unpaired) electrons. The van der Waals surface area contributed by atoms with Crippen molar-refractivity contribution < 1.29 is 4.74 Å². The molecule has 2 aliphatic heterocycles. The lowest BCUT2D eigenvalue weighted by Gasteiger charge is -2.29. The Hall–Kier alpha value is -1.06. The molecule has 0 aromatic heterocycles. The van der Waals surface area contributed by atoms with E-state index in [1.54, 1.807) is 0 Å². The van der Waals surface area contributed by atoms with Gasteiger partial charge in [0.15, 0.2) is 0 Å². The maximum Gasteiger partial charge on any atom is 0.122 e. The highest BCUT2D eigenvalue weighted by atomic mass is 16.5. The van der Waals surface area contributed by atoms with Crippen LogP contribution < -0.4 is 10.1 Å². The van der Waals surface area contributed by atoms with E-state index in [4.69, 9.17) is 4.74 Å². The van der Waals surface area contributed by atoms with Gasteiger partial charge in [0.25, 0.3) is 0 Å². The fourth-order valence-electron chi connectivity index (χ4n) is 3.15. The van der Waals surface area contributed by atoms with Crippen LogP contribution in [-0.2, 0) is 0 Å². The minimum atomic E-state index is 0.543. The fraction of sp³-hybridized carbons (Fsp3) is 0.600. The van der Waals surface area contributed by atoms with Crippen molar-refractivity contribution >= 4 is 0 Å². The molecule has 2 atom stereocenters. The predicted molar refractivity (Wildman–Crippen MR) is 73.2 cm³/mol. The van der Waals surface area contributed by atoms with Gasteiger partial charge in [-0.2, -0.15) is 0 Å². The second-order valence-electron chi connectivity index (χ2n) is 5.28. The van der Waals surface area contributed by atoms with Gasteiger partial charge in [0, 0.05) is 30.6 Å². The number of ether oxygens (including phenoxy) is 1. The van der Waals surface area contributed by atoms with Gasteiger partial charge in [-0.1, -0.05) is 25.1 Å². The van der Waals surface area contributed by atoms with Gasteiger partial charge in [0.2, 0.25) is 0 Å². The Morgan fingerprint density at radius 3 is 3.06 bits per heavy atom. The van der Waals surface area contributed by atoms with E-state index in [1.807, 2.05) is 0 Å². The molecule has 0 spiro atoms. The lowest BCUT2D eigenvalue weighted by molar-refractivity contribution is 0.192. The van der Waals surface area contributed by atoms with Crippen LogP contribution >= 0.6 is 0 Å². The maximum absolute atomic E-state index is 5.78. The van der Waals surface area contributed by atoms with Crippen LogP contribution in [0.1, 0.15) is 24.8 Å². The van der Waals surface area contributed by atoms with Crippen LogP contribution in [0.5, 0.6) is 5.75 Å². The summed E-state index contributed by atoms with van der Waals surface area (Å²) in [6.07, 6.45) is 1.28. The summed E-state index contributed by atoms with van der Waals surface area (Å²) in [5.74, 6) is 1.63. The molecule has 1 aromatic rings. The number of likely N-dealkylation sites (N-methyl/N-ethyl adjacent to an activating group) is 1. The van der Waals surface area contributed by atoms with Gasteiger partial charge in [0.1, 0.15) is 5.75 Å². The summed E-state index contributed by atoms with van der Waals surface area (Å²) in [5, 5.41) is 3.46. The summed E-state index contributed by atoms with van der Waals surface area (Å²) in [6.45, 7) is 7.67. The molecule has 3 heteroatoms. The molecule has 18 heavy (non-hydrogen) atoms. The largest absolute Gasteiger partial charge is 0.493 e. The van der Waals surface area contributed by atoms with Crippen LogP contribution in [0, 0.1) is 0 Å². The van der Waals surface area contributed by atoms with Gasteiger partial charge < -0.3 is 10.1 Å². The number of para-hydroxylation sites is 1. The number of fused-ring (bicyclic) bond motifs is 1. The van der Waals surface area contributed by atoms with Crippen LogP contribution in [0.3, 0.4) is 0 Å². The molecule has 1 aromatic carbocycles. The van der Waals surface area contributed by atoms with Gasteiger partial charge in [-0.05, 0) is 25.6 Å². The normalized spacial score (nSPS) is 26.3. The number of benzene rings is 1. The first-order valence-corrected chi connectivity index (χ1v) is 7.05. The first-order chi connectivity index (χ1) is 8.88. The zero-order valence-corrected chi connectivity index (χ0v) is 11.1. The van der Waals surface area contributed by atoms with E-state index in [9.17, 15) is 0 Å². The minimum Gasteiger partial charge on any atom is -0.493 e. The van der Waals surface area contributed by atoms with Gasteiger partial charge >= 0.3 is 0 Å². The van der Waals surface area contributed by atoms with Gasteiger partial charge in [-0.15, -0.1) is 0 Å². The van der Waals surface area contributed by atoms with E-state index in [2.05, 4.69) is 41.4 Å². The van der Waals surface area contributed by atoms with Crippen molar-refractivity contribution in [2.45, 2.75) is 25.3 Å². The third-order valence-electron chi connectivity index (χ3n) is 4.21. The van der Waals surface area contributed by atoms with Crippen molar-refractivity contribution in [2.75, 3.05) is 32.8 Å². The summed E-state index contributed by atoms with van der Waals surface area (Å²) in [4.78, 5) is 2.61. The van der Waals surface area contributed by atoms with Crippen molar-refractivity contribution in [3.8, 4) is 5.75 Å². The molecule has 0 aliphatic carbocycles. The molecular formula is C15H22N2O. The summed E-state index contributed by atoms with van der Waals surface area (Å²) in [5.41, 5.74) is 1.39. The van der Waals surface area contributed by atoms with Crippen molar-refractivity contribution in [1.29, 1.82) is 0 Å². The molecule has 2 heterocycles. The SMILES string of the molecule is CCN(CC1COc2ccccc21)C1CCNC1. The highest BCUT2D eigenvalue weighted by Gasteiger charge is 2.28. The molecule has 1 N–H and O–H groups in total. The third-order valence-corrected chi connectivity index (χ3v) is 4.21. The van der Waals surface area contributed by atoms with E-state index in [0.29, 0.717) is 12.0 Å². The number of nitrogens with zero attached hydrogens (tertiary/aromatic N) is 1. The van der Waals surface area contributed by atoms with Crippen molar-refractivity contribution in [2.24, 2.45) is 0 Å². The molecule has 2 aliphatic rings. The lowest BCUT2D eigenvalue weighted by Crippen LogP contribution is -2.39. The number of hydrogen-bond donors (Lipinski definition) is 1. The van der Waals surface area contributed by atoms with Crippen molar-refractivity contribution in [1.82, 2.24) is 10.2 Å². The Kier molecular flexibility index (Phi) is 3.52. The molecule has 1 fully saturated rings. The number of rotatable bonds is 4. The van der Waals surface area contributed by atoms with Gasteiger partial charge in [-0.25, -0.2) is 0 Å². The van der Waals surface area contributed by atoms with Gasteiger partial charge in [0.05, 0.1) is 6.61 Å². The third kappa shape index (κ3) is 2.25. The molecule has 0 amide bonds. The van der Waals surface area contributed by atoms with E-state index in [0.717, 1.165) is 32.0 Å². The minimum absolute atomic E-state index is 0.543. The van der Waals surface area contributed by atoms with Crippen LogP contribution in [0.15, 0.2) is 24.3 Å². The highest BCUT2D eigenvalue weighted by molar-refractivity contribution is 5.39. The standard InChI is InChI=1S/C15H22N2O/c1-2-17(13-7-8-16-9-13)10-12-11-18-15-6-4-3-5-14(12)15/h3-6,12-13,16H,2,7-11H2,1H3. The Morgan fingerprint density at radius 2 is 2.28 bits per heavy atom. The summed E-state index contributed by atoms with van der Waals surface area (Å²) < 4.78 is 5.78. The number of hydrogen-bond acceptors (Lipinski definition) is 3. The van der Waals surface area contributed by atoms with E-state index < -0.39 is 0 Å². The summed E-state index contributed by atoms with van der Waals surface area (Å²) in [6, 6.07) is 9.19. The second kappa shape index (κ2) is 5.29. The zero-order valence-electron chi connectivity index (χ0n) is 11.1. The summed E-state index contributed by atoms with van der Waals surface area (Å²) in [7, 11) is 0. The smallest absolute Gasteiger partial charge is 0.122 e. The van der Waals surface area contributed by atoms with Crippen LogP contribution in [0.2, 0.25) is 0 Å². The second-order valence-corrected chi connectivity index (χ2v) is 5.28. The number of nitrogens with one attached hydrogen (secondary N) is 1. The monoisotopic (exact) mass is 246 g/mol. The molecule has 3 rings (SSSR count). The lowest BCUT2D eigenvalue weighted by atomic mass is 10.00. The van der Waals surface area contributed by atoms with Crippen LogP contribution in [0.25, 0.3) is 0 Å². The fourth-order valence-corrected chi connectivity index (χ4v) is 3.15. The Balaban J connectivity index is 1.69. The quantitative estimate of drug-likeness (QED) is 0.877. The Morgan fingerprint density at radius 1 is 1.39 bits per heavy atom. The maximum atomic E-state index is 5.78. The van der Waals surface area contributed by atoms with E-state index >= 15 is 0 Å². The highest BCUT2D eigenvalue weighted by Crippen LogP contribution is 2.34. The first kappa shape index (κ1) is 12.0. The van der Waals surface area contributed by atoms with Crippen molar-refractivity contribution in [3.05, 3.63) is 29.8 Å². The topological polar surface area (TPSA) is 24.5 Å². The molecule has 98 valence electrons. The van der Waals surface area contributed by atoms with Crippen LogP contribution in [-0.4, -0.2) is 43.7 Å². The molecule has 3 nitrogen and oxygen atoms in total. The first-order valence-electron chi connectivity index (χ1n) is 7.05.